The van der Waals surface area contributed by atoms with Crippen LogP contribution in [0.15, 0.2) is 42.6 Å². The topological polar surface area (TPSA) is 106 Å². The summed E-state index contributed by atoms with van der Waals surface area (Å²) in [5, 5.41) is 12.8. The van der Waals surface area contributed by atoms with Crippen LogP contribution >= 0.6 is 11.6 Å². The molecule has 1 aliphatic rings. The first-order valence-electron chi connectivity index (χ1n) is 11.3. The maximum Gasteiger partial charge on any atom is 0.304 e. The van der Waals surface area contributed by atoms with Crippen molar-refractivity contribution in [1.29, 1.82) is 0 Å². The van der Waals surface area contributed by atoms with Gasteiger partial charge in [-0.1, -0.05) is 11.6 Å². The summed E-state index contributed by atoms with van der Waals surface area (Å²) in [5.74, 6) is 1.36. The maximum absolute atomic E-state index is 12.8. The molecule has 4 rings (SSSR count). The number of benzene rings is 1. The molecule has 0 radical (unpaired) electrons. The van der Waals surface area contributed by atoms with E-state index in [-0.39, 0.29) is 11.2 Å². The second-order valence-electron chi connectivity index (χ2n) is 8.28. The number of anilines is 1. The van der Waals surface area contributed by atoms with Gasteiger partial charge >= 0.3 is 10.2 Å². The lowest BCUT2D eigenvalue weighted by Gasteiger charge is -2.20. The maximum atomic E-state index is 12.8. The minimum atomic E-state index is -3.53. The molecule has 0 aliphatic carbocycles. The molecule has 1 aliphatic heterocycles. The lowest BCUT2D eigenvalue weighted by Crippen LogP contribution is -2.33. The van der Waals surface area contributed by atoms with Crippen molar-refractivity contribution >= 4 is 27.5 Å². The molecule has 0 spiro atoms. The summed E-state index contributed by atoms with van der Waals surface area (Å²) >= 11 is 5.91. The minimum Gasteiger partial charge on any atom is -0.494 e. The molecule has 34 heavy (non-hydrogen) atoms. The SMILES string of the molecule is CC(C)n1nnc(-c2ccc(OCCCCCN3CCN(c4ccnc(Cl)c4)S3(=O)=O)cc2)n1. The highest BCUT2D eigenvalue weighted by molar-refractivity contribution is 7.90. The summed E-state index contributed by atoms with van der Waals surface area (Å²) in [6.07, 6.45) is 3.98. The Morgan fingerprint density at radius 1 is 1.09 bits per heavy atom. The number of pyridine rings is 1. The quantitative estimate of drug-likeness (QED) is 0.306. The molecule has 3 heterocycles. The lowest BCUT2D eigenvalue weighted by atomic mass is 10.2. The van der Waals surface area contributed by atoms with Crippen molar-refractivity contribution in [3.63, 3.8) is 0 Å². The van der Waals surface area contributed by atoms with Gasteiger partial charge in [0.05, 0.1) is 18.3 Å². The first kappa shape index (κ1) is 24.4. The number of hydrogen-bond donors (Lipinski definition) is 0. The van der Waals surface area contributed by atoms with Crippen molar-refractivity contribution < 1.29 is 13.2 Å². The van der Waals surface area contributed by atoms with Crippen molar-refractivity contribution in [2.24, 2.45) is 0 Å². The summed E-state index contributed by atoms with van der Waals surface area (Å²) in [6.45, 7) is 5.92. The van der Waals surface area contributed by atoms with E-state index in [1.165, 1.54) is 14.8 Å². The molecule has 0 N–H and O–H groups in total. The molecule has 3 aromatic rings. The first-order valence-corrected chi connectivity index (χ1v) is 13.0. The van der Waals surface area contributed by atoms with Gasteiger partial charge in [0, 0.05) is 31.4 Å². The van der Waals surface area contributed by atoms with Crippen molar-refractivity contribution in [2.75, 3.05) is 30.5 Å². The van der Waals surface area contributed by atoms with Crippen molar-refractivity contribution in [3.05, 3.63) is 47.7 Å². The van der Waals surface area contributed by atoms with Gasteiger partial charge in [-0.25, -0.2) is 4.98 Å². The number of hydrogen-bond acceptors (Lipinski definition) is 7. The average Bonchev–Trinajstić information content (AvgIpc) is 3.41. The molecule has 1 saturated heterocycles. The third kappa shape index (κ3) is 5.65. The van der Waals surface area contributed by atoms with E-state index in [1.807, 2.05) is 38.1 Å². The summed E-state index contributed by atoms with van der Waals surface area (Å²) in [6, 6.07) is 11.0. The van der Waals surface area contributed by atoms with Crippen LogP contribution in [-0.2, 0) is 10.2 Å². The molecule has 0 unspecified atom stereocenters. The van der Waals surface area contributed by atoms with E-state index in [2.05, 4.69) is 20.4 Å². The summed E-state index contributed by atoms with van der Waals surface area (Å²) < 4.78 is 34.4. The fourth-order valence-corrected chi connectivity index (χ4v) is 5.44. The molecule has 0 bridgehead atoms. The van der Waals surface area contributed by atoms with Crippen LogP contribution in [0.2, 0.25) is 5.15 Å². The zero-order chi connectivity index (χ0) is 24.1. The molecule has 1 fully saturated rings. The molecule has 12 heteroatoms. The van der Waals surface area contributed by atoms with Crippen LogP contribution in [0.5, 0.6) is 5.75 Å². The Labute approximate surface area is 204 Å². The van der Waals surface area contributed by atoms with E-state index in [4.69, 9.17) is 16.3 Å². The third-order valence-corrected chi connectivity index (χ3v) is 7.65. The van der Waals surface area contributed by atoms with Gasteiger partial charge in [0.15, 0.2) is 0 Å². The van der Waals surface area contributed by atoms with Crippen LogP contribution < -0.4 is 9.04 Å². The van der Waals surface area contributed by atoms with Crippen molar-refractivity contribution in [2.45, 2.75) is 39.2 Å². The van der Waals surface area contributed by atoms with Crippen LogP contribution in [0, 0.1) is 0 Å². The lowest BCUT2D eigenvalue weighted by molar-refractivity contribution is 0.302. The zero-order valence-corrected chi connectivity index (χ0v) is 20.8. The summed E-state index contributed by atoms with van der Waals surface area (Å²) in [4.78, 5) is 5.49. The van der Waals surface area contributed by atoms with E-state index in [0.29, 0.717) is 37.8 Å². The van der Waals surface area contributed by atoms with E-state index in [0.717, 1.165) is 30.6 Å². The number of rotatable bonds is 10. The van der Waals surface area contributed by atoms with Gasteiger partial charge in [-0.15, -0.1) is 10.2 Å². The highest BCUT2D eigenvalue weighted by atomic mass is 35.5. The molecular formula is C22H28ClN7O3S. The standard InChI is InChI=1S/C22H28ClN7O3S/c1-17(2)30-26-22(25-27-30)18-6-8-20(9-7-18)33-15-5-3-4-12-28-13-14-29(34(28,31)32)19-10-11-24-21(23)16-19/h6-11,16-17H,3-5,12-15H2,1-2H3. The Bertz CT molecular complexity index is 1200. The highest BCUT2D eigenvalue weighted by Gasteiger charge is 2.36. The Morgan fingerprint density at radius 3 is 2.59 bits per heavy atom. The van der Waals surface area contributed by atoms with Gasteiger partial charge in [0.1, 0.15) is 10.9 Å². The second-order valence-corrected chi connectivity index (χ2v) is 10.5. The fourth-order valence-electron chi connectivity index (χ4n) is 3.63. The number of nitrogens with zero attached hydrogens (tertiary/aromatic N) is 7. The average molecular weight is 506 g/mol. The van der Waals surface area contributed by atoms with Crippen LogP contribution in [0.3, 0.4) is 0 Å². The Balaban J connectivity index is 1.18. The Hall–Kier alpha value is -2.76. The molecule has 0 atom stereocenters. The normalized spacial score (nSPS) is 15.8. The van der Waals surface area contributed by atoms with Crippen LogP contribution in [0.25, 0.3) is 11.4 Å². The second kappa shape index (κ2) is 10.7. The van der Waals surface area contributed by atoms with Crippen molar-refractivity contribution in [3.8, 4) is 17.1 Å². The predicted molar refractivity (Wildman–Crippen MR) is 130 cm³/mol. The highest BCUT2D eigenvalue weighted by Crippen LogP contribution is 2.26. The van der Waals surface area contributed by atoms with E-state index in [1.54, 1.807) is 16.9 Å². The number of halogens is 1. The first-order chi connectivity index (χ1) is 16.3. The predicted octanol–water partition coefficient (Wildman–Crippen LogP) is 3.59. The zero-order valence-electron chi connectivity index (χ0n) is 19.2. The molecule has 0 amide bonds. The van der Waals surface area contributed by atoms with Gasteiger partial charge in [-0.2, -0.15) is 17.5 Å². The van der Waals surface area contributed by atoms with Gasteiger partial charge < -0.3 is 4.74 Å². The molecular weight excluding hydrogens is 478 g/mol. The number of tetrazole rings is 1. The summed E-state index contributed by atoms with van der Waals surface area (Å²) in [5.41, 5.74) is 1.43. The Morgan fingerprint density at radius 2 is 1.88 bits per heavy atom. The minimum absolute atomic E-state index is 0.161. The fraction of sp³-hybridized carbons (Fsp3) is 0.455. The van der Waals surface area contributed by atoms with E-state index >= 15 is 0 Å². The van der Waals surface area contributed by atoms with Gasteiger partial charge in [-0.3, -0.25) is 4.31 Å². The largest absolute Gasteiger partial charge is 0.494 e. The smallest absolute Gasteiger partial charge is 0.304 e. The van der Waals surface area contributed by atoms with Gasteiger partial charge in [0.2, 0.25) is 5.82 Å². The number of unbranched alkanes of at least 4 members (excludes halogenated alkanes) is 2. The number of ether oxygens (including phenoxy) is 1. The van der Waals surface area contributed by atoms with Gasteiger partial charge in [0.25, 0.3) is 0 Å². The number of aromatic nitrogens is 5. The van der Waals surface area contributed by atoms with E-state index in [9.17, 15) is 8.42 Å². The molecule has 2 aromatic heterocycles. The molecule has 10 nitrogen and oxygen atoms in total. The molecule has 182 valence electrons. The monoisotopic (exact) mass is 505 g/mol. The Kier molecular flexibility index (Phi) is 7.64. The third-order valence-electron chi connectivity index (χ3n) is 5.48. The van der Waals surface area contributed by atoms with Crippen LogP contribution in [-0.4, -0.2) is 64.2 Å². The van der Waals surface area contributed by atoms with Crippen molar-refractivity contribution in [1.82, 2.24) is 29.5 Å². The van der Waals surface area contributed by atoms with Crippen LogP contribution in [0.4, 0.5) is 5.69 Å². The van der Waals surface area contributed by atoms with Gasteiger partial charge in [-0.05, 0) is 74.7 Å². The molecule has 1 aromatic carbocycles. The summed E-state index contributed by atoms with van der Waals surface area (Å²) in [7, 11) is -3.53. The van der Waals surface area contributed by atoms with E-state index < -0.39 is 10.2 Å². The van der Waals surface area contributed by atoms with Crippen LogP contribution in [0.1, 0.15) is 39.2 Å². The molecule has 0 saturated carbocycles.